The fourth-order valence-corrected chi connectivity index (χ4v) is 3.67. The summed E-state index contributed by atoms with van der Waals surface area (Å²) in [7, 11) is -3.87. The predicted octanol–water partition coefficient (Wildman–Crippen LogP) is 0.895. The van der Waals surface area contributed by atoms with E-state index in [1.807, 2.05) is 0 Å². The van der Waals surface area contributed by atoms with Crippen LogP contribution in [0.4, 0.5) is 5.69 Å². The molecule has 0 saturated carbocycles. The van der Waals surface area contributed by atoms with E-state index in [0.717, 1.165) is 6.07 Å². The van der Waals surface area contributed by atoms with Gasteiger partial charge in [0.25, 0.3) is 5.69 Å². The number of carbonyl (C=O) groups excluding carboxylic acids is 1. The van der Waals surface area contributed by atoms with Gasteiger partial charge >= 0.3 is 0 Å². The SMILES string of the molecule is O=C([O-])C[C@H](NS(=O)(=O)Cc1ccccc1)c1cccc([N+](=O)[O-])c1. The van der Waals surface area contributed by atoms with Crippen molar-refractivity contribution in [3.63, 3.8) is 0 Å². The Morgan fingerprint density at radius 1 is 1.12 bits per heavy atom. The fraction of sp³-hybridized carbons (Fsp3) is 0.188. The van der Waals surface area contributed by atoms with E-state index in [9.17, 15) is 28.4 Å². The van der Waals surface area contributed by atoms with Gasteiger partial charge in [-0.15, -0.1) is 0 Å². The highest BCUT2D eigenvalue weighted by Gasteiger charge is 2.22. The molecule has 0 aliphatic carbocycles. The summed E-state index contributed by atoms with van der Waals surface area (Å²) < 4.78 is 26.9. The number of aliphatic carboxylic acids is 1. The van der Waals surface area contributed by atoms with E-state index in [0.29, 0.717) is 5.56 Å². The molecular weight excluding hydrogens is 348 g/mol. The molecule has 0 bridgehead atoms. The minimum Gasteiger partial charge on any atom is -0.550 e. The third-order valence-electron chi connectivity index (χ3n) is 3.38. The number of nitro groups is 1. The van der Waals surface area contributed by atoms with Crippen molar-refractivity contribution in [1.29, 1.82) is 0 Å². The highest BCUT2D eigenvalue weighted by Crippen LogP contribution is 2.23. The lowest BCUT2D eigenvalue weighted by Crippen LogP contribution is -2.34. The van der Waals surface area contributed by atoms with Gasteiger partial charge in [0.2, 0.25) is 10.0 Å². The normalized spacial score (nSPS) is 12.5. The first-order chi connectivity index (χ1) is 11.8. The summed E-state index contributed by atoms with van der Waals surface area (Å²) in [5, 5.41) is 21.8. The number of carboxylic acids is 1. The highest BCUT2D eigenvalue weighted by atomic mass is 32.2. The van der Waals surface area contributed by atoms with Gasteiger partial charge in [0.1, 0.15) is 0 Å². The van der Waals surface area contributed by atoms with Crippen LogP contribution in [0.25, 0.3) is 0 Å². The number of nitro benzene ring substituents is 1. The summed E-state index contributed by atoms with van der Waals surface area (Å²) >= 11 is 0. The second-order valence-electron chi connectivity index (χ2n) is 5.34. The van der Waals surface area contributed by atoms with E-state index in [4.69, 9.17) is 0 Å². The maximum atomic E-state index is 12.3. The largest absolute Gasteiger partial charge is 0.550 e. The number of non-ortho nitro benzene ring substituents is 1. The molecule has 0 saturated heterocycles. The van der Waals surface area contributed by atoms with Crippen molar-refractivity contribution in [2.45, 2.75) is 18.2 Å². The number of nitrogens with zero attached hydrogens (tertiary/aromatic N) is 1. The van der Waals surface area contributed by atoms with Crippen LogP contribution in [0.15, 0.2) is 54.6 Å². The number of rotatable bonds is 8. The fourth-order valence-electron chi connectivity index (χ4n) is 2.30. The monoisotopic (exact) mass is 363 g/mol. The summed E-state index contributed by atoms with van der Waals surface area (Å²) in [6, 6.07) is 12.3. The molecule has 0 fully saturated rings. The Morgan fingerprint density at radius 2 is 1.80 bits per heavy atom. The van der Waals surface area contributed by atoms with Crippen molar-refractivity contribution < 1.29 is 23.2 Å². The van der Waals surface area contributed by atoms with Crippen LogP contribution in [0.3, 0.4) is 0 Å². The molecule has 0 aliphatic heterocycles. The Morgan fingerprint density at radius 3 is 2.40 bits per heavy atom. The quantitative estimate of drug-likeness (QED) is 0.548. The smallest absolute Gasteiger partial charge is 0.269 e. The van der Waals surface area contributed by atoms with Crippen LogP contribution >= 0.6 is 0 Å². The van der Waals surface area contributed by atoms with Gasteiger partial charge < -0.3 is 9.90 Å². The van der Waals surface area contributed by atoms with Gasteiger partial charge in [-0.25, -0.2) is 13.1 Å². The number of sulfonamides is 1. The molecule has 0 spiro atoms. The average Bonchev–Trinajstić information content (AvgIpc) is 2.54. The molecule has 0 amide bonds. The molecule has 0 aromatic heterocycles. The predicted molar refractivity (Wildman–Crippen MR) is 87.7 cm³/mol. The van der Waals surface area contributed by atoms with Crippen molar-refractivity contribution in [1.82, 2.24) is 4.72 Å². The highest BCUT2D eigenvalue weighted by molar-refractivity contribution is 7.88. The first-order valence-electron chi connectivity index (χ1n) is 7.25. The third kappa shape index (κ3) is 5.66. The van der Waals surface area contributed by atoms with Gasteiger partial charge in [-0.3, -0.25) is 10.1 Å². The molecule has 25 heavy (non-hydrogen) atoms. The minimum atomic E-state index is -3.87. The van der Waals surface area contributed by atoms with Crippen molar-refractivity contribution >= 4 is 21.7 Å². The maximum absolute atomic E-state index is 12.3. The average molecular weight is 363 g/mol. The van der Waals surface area contributed by atoms with Crippen molar-refractivity contribution in [2.75, 3.05) is 0 Å². The van der Waals surface area contributed by atoms with Crippen LogP contribution in [0.2, 0.25) is 0 Å². The Kier molecular flexibility index (Phi) is 5.84. The molecule has 2 rings (SSSR count). The zero-order valence-corrected chi connectivity index (χ0v) is 13.8. The molecule has 8 nitrogen and oxygen atoms in total. The molecule has 1 N–H and O–H groups in total. The lowest BCUT2D eigenvalue weighted by atomic mass is 10.0. The van der Waals surface area contributed by atoms with Crippen LogP contribution in [-0.2, 0) is 20.6 Å². The minimum absolute atomic E-state index is 0.176. The van der Waals surface area contributed by atoms with Gasteiger partial charge in [0, 0.05) is 24.5 Å². The number of hydrogen-bond acceptors (Lipinski definition) is 6. The molecule has 0 heterocycles. The zero-order chi connectivity index (χ0) is 18.4. The van der Waals surface area contributed by atoms with Gasteiger partial charge in [-0.05, 0) is 11.1 Å². The number of benzene rings is 2. The van der Waals surface area contributed by atoms with Crippen LogP contribution in [0.5, 0.6) is 0 Å². The Labute approximate surface area is 144 Å². The topological polar surface area (TPSA) is 129 Å². The molecule has 9 heteroatoms. The number of nitrogens with one attached hydrogen (secondary N) is 1. The van der Waals surface area contributed by atoms with Gasteiger partial charge in [0.15, 0.2) is 0 Å². The number of carbonyl (C=O) groups is 1. The molecule has 1 atom stereocenters. The lowest BCUT2D eigenvalue weighted by molar-refractivity contribution is -0.385. The zero-order valence-electron chi connectivity index (χ0n) is 13.0. The second kappa shape index (κ2) is 7.86. The van der Waals surface area contributed by atoms with E-state index in [-0.39, 0.29) is 17.0 Å². The van der Waals surface area contributed by atoms with E-state index in [1.54, 1.807) is 30.3 Å². The van der Waals surface area contributed by atoms with Crippen LogP contribution in [0, 0.1) is 10.1 Å². The molecule has 0 aliphatic rings. The van der Waals surface area contributed by atoms with E-state index in [1.165, 1.54) is 18.2 Å². The summed E-state index contributed by atoms with van der Waals surface area (Å²) in [4.78, 5) is 21.2. The van der Waals surface area contributed by atoms with E-state index in [2.05, 4.69) is 4.72 Å². The summed E-state index contributed by atoms with van der Waals surface area (Å²) in [5.74, 6) is -1.81. The lowest BCUT2D eigenvalue weighted by Gasteiger charge is -2.19. The van der Waals surface area contributed by atoms with E-state index < -0.39 is 33.4 Å². The van der Waals surface area contributed by atoms with Crippen LogP contribution < -0.4 is 9.83 Å². The summed E-state index contributed by atoms with van der Waals surface area (Å²) in [5.41, 5.74) is 0.444. The molecule has 2 aromatic rings. The standard InChI is InChI=1S/C16H16N2O6S/c19-16(20)10-15(13-7-4-8-14(9-13)18(21)22)17-25(23,24)11-12-5-2-1-3-6-12/h1-9,15,17H,10-11H2,(H,19,20)/p-1/t15-/m0/s1. The van der Waals surface area contributed by atoms with Gasteiger partial charge in [-0.1, -0.05) is 42.5 Å². The third-order valence-corrected chi connectivity index (χ3v) is 4.73. The first-order valence-corrected chi connectivity index (χ1v) is 8.90. The van der Waals surface area contributed by atoms with Crippen LogP contribution in [0.1, 0.15) is 23.6 Å². The van der Waals surface area contributed by atoms with Gasteiger partial charge in [0.05, 0.1) is 16.7 Å². The van der Waals surface area contributed by atoms with Crippen molar-refractivity contribution in [3.05, 3.63) is 75.8 Å². The molecule has 132 valence electrons. The first kappa shape index (κ1) is 18.6. The summed E-state index contributed by atoms with van der Waals surface area (Å²) in [6.45, 7) is 0. The van der Waals surface area contributed by atoms with Gasteiger partial charge in [-0.2, -0.15) is 0 Å². The molecule has 2 aromatic carbocycles. The van der Waals surface area contributed by atoms with Crippen molar-refractivity contribution in [2.24, 2.45) is 0 Å². The van der Waals surface area contributed by atoms with Crippen LogP contribution in [-0.4, -0.2) is 19.3 Å². The maximum Gasteiger partial charge on any atom is 0.269 e. The second-order valence-corrected chi connectivity index (χ2v) is 7.10. The Balaban J connectivity index is 2.27. The molecule has 0 radical (unpaired) electrons. The molecule has 0 unspecified atom stereocenters. The number of carboxylic acid groups (broad SMARTS) is 1. The molecular formula is C16H15N2O6S-. The Hall–Kier alpha value is -2.78. The van der Waals surface area contributed by atoms with E-state index >= 15 is 0 Å². The Bertz CT molecular complexity index is 867. The summed E-state index contributed by atoms with van der Waals surface area (Å²) in [6.07, 6.45) is -0.644. The number of hydrogen-bond donors (Lipinski definition) is 1. The van der Waals surface area contributed by atoms with Crippen molar-refractivity contribution in [3.8, 4) is 0 Å².